The van der Waals surface area contributed by atoms with Crippen LogP contribution in [0.4, 0.5) is 0 Å². The van der Waals surface area contributed by atoms with Crippen molar-refractivity contribution in [3.05, 3.63) is 41.2 Å². The number of hydrogen-bond donors (Lipinski definition) is 1. The molecule has 0 spiro atoms. The third-order valence-corrected chi connectivity index (χ3v) is 3.26. The van der Waals surface area contributed by atoms with E-state index in [0.717, 1.165) is 30.1 Å². The van der Waals surface area contributed by atoms with E-state index in [1.807, 2.05) is 25.1 Å². The Balaban J connectivity index is 2.13. The summed E-state index contributed by atoms with van der Waals surface area (Å²) in [6.07, 6.45) is 1.01. The summed E-state index contributed by atoms with van der Waals surface area (Å²) < 4.78 is 10.6. The van der Waals surface area contributed by atoms with Gasteiger partial charge in [-0.1, -0.05) is 42.4 Å². The first-order valence-corrected chi connectivity index (χ1v) is 6.99. The van der Waals surface area contributed by atoms with Crippen LogP contribution in [-0.4, -0.2) is 16.9 Å². The van der Waals surface area contributed by atoms with Gasteiger partial charge in [-0.05, 0) is 26.0 Å². The van der Waals surface area contributed by atoms with Gasteiger partial charge in [0.05, 0.1) is 0 Å². The van der Waals surface area contributed by atoms with Gasteiger partial charge in [0.15, 0.2) is 0 Å². The third-order valence-electron chi connectivity index (χ3n) is 3.26. The zero-order valence-corrected chi connectivity index (χ0v) is 12.2. The number of nitrogens with one attached hydrogen (secondary N) is 1. The van der Waals surface area contributed by atoms with E-state index in [4.69, 9.17) is 4.74 Å². The summed E-state index contributed by atoms with van der Waals surface area (Å²) in [6, 6.07) is 8.39. The number of aryl methyl sites for hydroxylation is 1. The molecule has 0 saturated carbocycles. The van der Waals surface area contributed by atoms with Crippen molar-refractivity contribution in [2.45, 2.75) is 39.8 Å². The molecule has 5 heteroatoms. The Bertz CT molecular complexity index is 539. The number of hydrogen-bond acceptors (Lipinski definition) is 5. The van der Waals surface area contributed by atoms with Gasteiger partial charge < -0.3 is 10.1 Å². The van der Waals surface area contributed by atoms with Gasteiger partial charge in [-0.2, -0.15) is 0 Å². The highest BCUT2D eigenvalue weighted by Gasteiger charge is 2.14. The van der Waals surface area contributed by atoms with Gasteiger partial charge in [-0.15, -0.1) is 0 Å². The number of aromatic nitrogens is 2. The van der Waals surface area contributed by atoms with Gasteiger partial charge in [0.2, 0.25) is 0 Å². The molecule has 1 aromatic carbocycles. The van der Waals surface area contributed by atoms with E-state index in [9.17, 15) is 0 Å². The number of ether oxygens (including phenoxy) is 1. The molecule has 1 atom stereocenters. The molecule has 1 unspecified atom stereocenters. The molecule has 1 aromatic heterocycles. The molecule has 0 fully saturated rings. The van der Waals surface area contributed by atoms with Gasteiger partial charge in [0.1, 0.15) is 23.7 Å². The fourth-order valence-corrected chi connectivity index (χ4v) is 2.15. The molecule has 20 heavy (non-hydrogen) atoms. The number of nitrogens with zero attached hydrogens (tertiary/aromatic N) is 2. The van der Waals surface area contributed by atoms with Crippen molar-refractivity contribution in [3.63, 3.8) is 0 Å². The molecule has 0 bridgehead atoms. The Morgan fingerprint density at radius 3 is 2.70 bits per heavy atom. The molecule has 1 heterocycles. The van der Waals surface area contributed by atoms with Crippen LogP contribution in [0.3, 0.4) is 0 Å². The maximum atomic E-state index is 5.89. The predicted octanol–water partition coefficient (Wildman–Crippen LogP) is 3.02. The smallest absolute Gasteiger partial charge is 0.145 e. The molecule has 1 N–H and O–H groups in total. The summed E-state index contributed by atoms with van der Waals surface area (Å²) in [6.45, 7) is 7.43. The second-order valence-electron chi connectivity index (χ2n) is 4.64. The van der Waals surface area contributed by atoms with Crippen LogP contribution in [0.1, 0.15) is 43.3 Å². The third kappa shape index (κ3) is 3.36. The van der Waals surface area contributed by atoms with Crippen molar-refractivity contribution >= 4 is 0 Å². The number of para-hydroxylation sites is 1. The lowest BCUT2D eigenvalue weighted by molar-refractivity contribution is 0.266. The van der Waals surface area contributed by atoms with Crippen LogP contribution in [0.2, 0.25) is 0 Å². The molecule has 0 radical (unpaired) electrons. The van der Waals surface area contributed by atoms with Crippen molar-refractivity contribution in [1.29, 1.82) is 0 Å². The van der Waals surface area contributed by atoms with Gasteiger partial charge >= 0.3 is 0 Å². The molecule has 0 amide bonds. The summed E-state index contributed by atoms with van der Waals surface area (Å²) >= 11 is 0. The van der Waals surface area contributed by atoms with Crippen LogP contribution in [-0.2, 0) is 6.61 Å². The minimum atomic E-state index is 0.299. The summed E-state index contributed by atoms with van der Waals surface area (Å²) in [5.41, 5.74) is 2.67. The minimum Gasteiger partial charge on any atom is -0.487 e. The van der Waals surface area contributed by atoms with E-state index in [1.54, 1.807) is 0 Å². The second-order valence-corrected chi connectivity index (χ2v) is 4.64. The summed E-state index contributed by atoms with van der Waals surface area (Å²) in [4.78, 5) is 0. The Morgan fingerprint density at radius 1 is 1.25 bits per heavy atom. The fraction of sp³-hybridized carbons (Fsp3) is 0.467. The molecule has 2 rings (SSSR count). The lowest BCUT2D eigenvalue weighted by Gasteiger charge is -2.19. The lowest BCUT2D eigenvalue weighted by atomic mass is 10.0. The molecule has 5 nitrogen and oxygen atoms in total. The molecular weight excluding hydrogens is 254 g/mol. The molecule has 0 aliphatic rings. The van der Waals surface area contributed by atoms with Crippen molar-refractivity contribution in [3.8, 4) is 5.75 Å². The van der Waals surface area contributed by atoms with E-state index < -0.39 is 0 Å². The largest absolute Gasteiger partial charge is 0.487 e. The first kappa shape index (κ1) is 14.5. The average molecular weight is 275 g/mol. The molecular formula is C15H21N3O2. The van der Waals surface area contributed by atoms with Crippen molar-refractivity contribution < 1.29 is 9.37 Å². The highest BCUT2D eigenvalue weighted by molar-refractivity contribution is 5.36. The number of rotatable bonds is 7. The SMILES string of the molecule is CCNC(CC)c1ccccc1OCc1nonc1C. The highest BCUT2D eigenvalue weighted by Crippen LogP contribution is 2.27. The molecule has 0 saturated heterocycles. The van der Waals surface area contributed by atoms with Crippen LogP contribution in [0.25, 0.3) is 0 Å². The topological polar surface area (TPSA) is 60.2 Å². The highest BCUT2D eigenvalue weighted by atomic mass is 16.6. The van der Waals surface area contributed by atoms with E-state index in [2.05, 4.69) is 40.2 Å². The van der Waals surface area contributed by atoms with Crippen molar-refractivity contribution in [1.82, 2.24) is 15.6 Å². The van der Waals surface area contributed by atoms with Gasteiger partial charge in [-0.25, -0.2) is 4.63 Å². The molecule has 0 aliphatic carbocycles. The van der Waals surface area contributed by atoms with E-state index in [-0.39, 0.29) is 0 Å². The van der Waals surface area contributed by atoms with Crippen LogP contribution >= 0.6 is 0 Å². The van der Waals surface area contributed by atoms with Crippen LogP contribution < -0.4 is 10.1 Å². The quantitative estimate of drug-likeness (QED) is 0.841. The first-order chi connectivity index (χ1) is 9.76. The Morgan fingerprint density at radius 2 is 2.05 bits per heavy atom. The van der Waals surface area contributed by atoms with Crippen LogP contribution in [0, 0.1) is 6.92 Å². The van der Waals surface area contributed by atoms with Gasteiger partial charge in [-0.3, -0.25) is 0 Å². The molecule has 108 valence electrons. The van der Waals surface area contributed by atoms with Crippen molar-refractivity contribution in [2.75, 3.05) is 6.54 Å². The first-order valence-electron chi connectivity index (χ1n) is 6.99. The zero-order chi connectivity index (χ0) is 14.4. The normalized spacial score (nSPS) is 12.3. The summed E-state index contributed by atoms with van der Waals surface area (Å²) in [5.74, 6) is 0.878. The monoisotopic (exact) mass is 275 g/mol. The standard InChI is InChI=1S/C15H21N3O2/c1-4-13(16-5-2)12-8-6-7-9-15(12)19-10-14-11(3)17-20-18-14/h6-9,13,16H,4-5,10H2,1-3H3. The van der Waals surface area contributed by atoms with Gasteiger partial charge in [0.25, 0.3) is 0 Å². The second kappa shape index (κ2) is 7.05. The maximum absolute atomic E-state index is 5.89. The lowest BCUT2D eigenvalue weighted by Crippen LogP contribution is -2.20. The van der Waals surface area contributed by atoms with Crippen LogP contribution in [0.5, 0.6) is 5.75 Å². The van der Waals surface area contributed by atoms with E-state index in [1.165, 1.54) is 5.56 Å². The minimum absolute atomic E-state index is 0.299. The van der Waals surface area contributed by atoms with E-state index in [0.29, 0.717) is 12.6 Å². The Labute approximate surface area is 119 Å². The Kier molecular flexibility index (Phi) is 5.12. The predicted molar refractivity (Wildman–Crippen MR) is 76.5 cm³/mol. The summed E-state index contributed by atoms with van der Waals surface area (Å²) in [7, 11) is 0. The molecule has 0 aliphatic heterocycles. The zero-order valence-electron chi connectivity index (χ0n) is 12.2. The van der Waals surface area contributed by atoms with Gasteiger partial charge in [0, 0.05) is 11.6 Å². The number of benzene rings is 1. The molecule has 2 aromatic rings. The maximum Gasteiger partial charge on any atom is 0.145 e. The van der Waals surface area contributed by atoms with E-state index >= 15 is 0 Å². The van der Waals surface area contributed by atoms with Crippen LogP contribution in [0.15, 0.2) is 28.9 Å². The Hall–Kier alpha value is -1.88. The average Bonchev–Trinajstić information content (AvgIpc) is 2.88. The van der Waals surface area contributed by atoms with Crippen molar-refractivity contribution in [2.24, 2.45) is 0 Å². The fourth-order valence-electron chi connectivity index (χ4n) is 2.15. The summed E-state index contributed by atoms with van der Waals surface area (Å²) in [5, 5.41) is 11.1.